The molecule has 0 aromatic heterocycles. The van der Waals surface area contributed by atoms with Crippen molar-refractivity contribution in [3.63, 3.8) is 0 Å². The van der Waals surface area contributed by atoms with E-state index >= 15 is 0 Å². The highest BCUT2D eigenvalue weighted by molar-refractivity contribution is 5.83. The molecule has 0 aliphatic rings. The van der Waals surface area contributed by atoms with Gasteiger partial charge in [0, 0.05) is 17.7 Å². The van der Waals surface area contributed by atoms with Gasteiger partial charge in [-0.2, -0.15) is 0 Å². The SMILES string of the molecule is CCOC(=O)/C=C/COc1cc(F)ccc1/C=N/O. The largest absolute Gasteiger partial charge is 0.489 e. The Morgan fingerprint density at radius 2 is 2.32 bits per heavy atom. The zero-order valence-electron chi connectivity index (χ0n) is 10.4. The summed E-state index contributed by atoms with van der Waals surface area (Å²) in [7, 11) is 0. The third kappa shape index (κ3) is 5.20. The molecule has 1 aromatic carbocycles. The predicted molar refractivity (Wildman–Crippen MR) is 67.0 cm³/mol. The van der Waals surface area contributed by atoms with E-state index in [-0.39, 0.29) is 12.4 Å². The zero-order chi connectivity index (χ0) is 14.1. The van der Waals surface area contributed by atoms with E-state index in [1.807, 2.05) is 0 Å². The fourth-order valence-corrected chi connectivity index (χ4v) is 1.27. The number of nitrogens with zero attached hydrogens (tertiary/aromatic N) is 1. The van der Waals surface area contributed by atoms with E-state index in [9.17, 15) is 9.18 Å². The number of hydrogen-bond acceptors (Lipinski definition) is 5. The molecule has 0 unspecified atom stereocenters. The minimum Gasteiger partial charge on any atom is -0.489 e. The first-order chi connectivity index (χ1) is 9.17. The van der Waals surface area contributed by atoms with Crippen LogP contribution >= 0.6 is 0 Å². The van der Waals surface area contributed by atoms with Crippen LogP contribution in [0.1, 0.15) is 12.5 Å². The molecule has 0 aliphatic heterocycles. The van der Waals surface area contributed by atoms with Crippen molar-refractivity contribution in [1.29, 1.82) is 0 Å². The summed E-state index contributed by atoms with van der Waals surface area (Å²) in [4.78, 5) is 11.0. The number of oxime groups is 1. The Hall–Kier alpha value is -2.37. The van der Waals surface area contributed by atoms with Gasteiger partial charge in [0.1, 0.15) is 18.2 Å². The van der Waals surface area contributed by atoms with Crippen LogP contribution in [0, 0.1) is 5.82 Å². The maximum Gasteiger partial charge on any atom is 0.330 e. The molecular weight excluding hydrogens is 253 g/mol. The lowest BCUT2D eigenvalue weighted by atomic mass is 10.2. The Labute approximate surface area is 109 Å². The van der Waals surface area contributed by atoms with Gasteiger partial charge in [-0.05, 0) is 25.1 Å². The number of benzene rings is 1. The number of ether oxygens (including phenoxy) is 2. The Bertz CT molecular complexity index is 486. The molecule has 0 fully saturated rings. The first-order valence-corrected chi connectivity index (χ1v) is 5.60. The van der Waals surface area contributed by atoms with Gasteiger partial charge < -0.3 is 14.7 Å². The van der Waals surface area contributed by atoms with E-state index in [1.54, 1.807) is 6.92 Å². The van der Waals surface area contributed by atoms with Crippen molar-refractivity contribution < 1.29 is 23.9 Å². The number of halogens is 1. The molecule has 0 radical (unpaired) electrons. The summed E-state index contributed by atoms with van der Waals surface area (Å²) >= 11 is 0. The van der Waals surface area contributed by atoms with E-state index in [0.717, 1.165) is 12.3 Å². The molecule has 0 heterocycles. The van der Waals surface area contributed by atoms with Crippen LogP contribution in [-0.2, 0) is 9.53 Å². The van der Waals surface area contributed by atoms with Crippen LogP contribution in [0.4, 0.5) is 4.39 Å². The lowest BCUT2D eigenvalue weighted by molar-refractivity contribution is -0.137. The van der Waals surface area contributed by atoms with Crippen molar-refractivity contribution in [3.8, 4) is 5.75 Å². The van der Waals surface area contributed by atoms with Gasteiger partial charge in [0.2, 0.25) is 0 Å². The number of hydrogen-bond donors (Lipinski definition) is 1. The Morgan fingerprint density at radius 3 is 3.00 bits per heavy atom. The number of esters is 1. The van der Waals surface area contributed by atoms with E-state index in [0.29, 0.717) is 12.2 Å². The summed E-state index contributed by atoms with van der Waals surface area (Å²) in [5.74, 6) is -0.728. The lowest BCUT2D eigenvalue weighted by Gasteiger charge is -2.06. The van der Waals surface area contributed by atoms with Gasteiger partial charge in [0.15, 0.2) is 0 Å². The highest BCUT2D eigenvalue weighted by atomic mass is 19.1. The number of carbonyl (C=O) groups is 1. The Balaban J connectivity index is 2.62. The molecule has 6 heteroatoms. The van der Waals surface area contributed by atoms with Crippen LogP contribution in [0.3, 0.4) is 0 Å². The average molecular weight is 267 g/mol. The molecular formula is C13H14FNO4. The first-order valence-electron chi connectivity index (χ1n) is 5.60. The van der Waals surface area contributed by atoms with Crippen molar-refractivity contribution in [3.05, 3.63) is 41.7 Å². The Morgan fingerprint density at radius 1 is 1.53 bits per heavy atom. The molecule has 0 aliphatic carbocycles. The highest BCUT2D eigenvalue weighted by Crippen LogP contribution is 2.18. The second-order valence-electron chi connectivity index (χ2n) is 3.39. The van der Waals surface area contributed by atoms with Crippen molar-refractivity contribution >= 4 is 12.2 Å². The van der Waals surface area contributed by atoms with E-state index in [4.69, 9.17) is 9.94 Å². The standard InChI is InChI=1S/C13H14FNO4/c1-2-18-13(16)4-3-7-19-12-8-11(14)6-5-10(12)9-15-17/h3-6,8-9,17H,2,7H2,1H3/b4-3+,15-9+. The van der Waals surface area contributed by atoms with Gasteiger partial charge in [0.05, 0.1) is 12.8 Å². The third-order valence-corrected chi connectivity index (χ3v) is 2.05. The number of rotatable bonds is 6. The van der Waals surface area contributed by atoms with Crippen LogP contribution in [0.5, 0.6) is 5.75 Å². The minimum atomic E-state index is -0.473. The molecule has 1 rings (SSSR count). The minimum absolute atomic E-state index is 0.0640. The normalized spacial score (nSPS) is 11.1. The van der Waals surface area contributed by atoms with Crippen LogP contribution in [0.25, 0.3) is 0 Å². The fourth-order valence-electron chi connectivity index (χ4n) is 1.27. The summed E-state index contributed by atoms with van der Waals surface area (Å²) in [5.41, 5.74) is 0.424. The molecule has 0 bridgehead atoms. The molecule has 1 aromatic rings. The molecule has 0 atom stereocenters. The van der Waals surface area contributed by atoms with Gasteiger partial charge in [-0.3, -0.25) is 0 Å². The Kier molecular flexibility index (Phi) is 6.08. The second kappa shape index (κ2) is 7.86. The molecule has 0 saturated heterocycles. The monoisotopic (exact) mass is 267 g/mol. The molecule has 0 saturated carbocycles. The van der Waals surface area contributed by atoms with Crippen molar-refractivity contribution in [2.45, 2.75) is 6.92 Å². The van der Waals surface area contributed by atoms with E-state index in [2.05, 4.69) is 9.89 Å². The number of carbonyl (C=O) groups excluding carboxylic acids is 1. The van der Waals surface area contributed by atoms with Gasteiger partial charge in [-0.1, -0.05) is 5.16 Å². The van der Waals surface area contributed by atoms with Crippen LogP contribution in [-0.4, -0.2) is 30.6 Å². The fraction of sp³-hybridized carbons (Fsp3) is 0.231. The van der Waals surface area contributed by atoms with Crippen molar-refractivity contribution in [2.24, 2.45) is 5.16 Å². The van der Waals surface area contributed by atoms with Crippen LogP contribution in [0.2, 0.25) is 0 Å². The third-order valence-electron chi connectivity index (χ3n) is 2.05. The van der Waals surface area contributed by atoms with E-state index in [1.165, 1.54) is 24.3 Å². The van der Waals surface area contributed by atoms with Crippen LogP contribution < -0.4 is 4.74 Å². The van der Waals surface area contributed by atoms with Crippen molar-refractivity contribution in [2.75, 3.05) is 13.2 Å². The predicted octanol–water partition coefficient (Wildman–Crippen LogP) is 2.13. The van der Waals surface area contributed by atoms with Crippen molar-refractivity contribution in [1.82, 2.24) is 0 Å². The maximum absolute atomic E-state index is 13.0. The van der Waals surface area contributed by atoms with Gasteiger partial charge in [-0.15, -0.1) is 0 Å². The highest BCUT2D eigenvalue weighted by Gasteiger charge is 2.03. The summed E-state index contributed by atoms with van der Waals surface area (Å²) in [5, 5.41) is 11.3. The average Bonchev–Trinajstić information content (AvgIpc) is 2.38. The van der Waals surface area contributed by atoms with Gasteiger partial charge in [0.25, 0.3) is 0 Å². The molecule has 102 valence electrons. The van der Waals surface area contributed by atoms with Crippen LogP contribution in [0.15, 0.2) is 35.5 Å². The van der Waals surface area contributed by atoms with Gasteiger partial charge in [-0.25, -0.2) is 9.18 Å². The molecule has 5 nitrogen and oxygen atoms in total. The second-order valence-corrected chi connectivity index (χ2v) is 3.39. The topological polar surface area (TPSA) is 68.1 Å². The molecule has 0 amide bonds. The summed E-state index contributed by atoms with van der Waals surface area (Å²) in [6.07, 6.45) is 3.80. The lowest BCUT2D eigenvalue weighted by Crippen LogP contribution is -2.02. The van der Waals surface area contributed by atoms with E-state index < -0.39 is 11.8 Å². The molecule has 1 N–H and O–H groups in total. The maximum atomic E-state index is 13.0. The smallest absolute Gasteiger partial charge is 0.330 e. The summed E-state index contributed by atoms with van der Waals surface area (Å²) in [6, 6.07) is 3.80. The summed E-state index contributed by atoms with van der Waals surface area (Å²) < 4.78 is 23.0. The first kappa shape index (κ1) is 14.7. The zero-order valence-corrected chi connectivity index (χ0v) is 10.4. The molecule has 0 spiro atoms. The quantitative estimate of drug-likeness (QED) is 0.282. The van der Waals surface area contributed by atoms with Gasteiger partial charge >= 0.3 is 5.97 Å². The molecule has 19 heavy (non-hydrogen) atoms. The summed E-state index contributed by atoms with van der Waals surface area (Å²) in [6.45, 7) is 2.06.